The number of aromatic nitrogens is 2. The number of fused-ring (bicyclic) bond motifs is 2. The Morgan fingerprint density at radius 3 is 2.95 bits per heavy atom. The molecule has 2 unspecified atom stereocenters. The number of halogens is 2. The highest BCUT2D eigenvalue weighted by molar-refractivity contribution is 6.31. The van der Waals surface area contributed by atoms with Gasteiger partial charge in [-0.05, 0) is 31.3 Å². The second-order valence-corrected chi connectivity index (χ2v) is 9.52. The van der Waals surface area contributed by atoms with E-state index in [1.807, 2.05) is 6.08 Å². The molecule has 5 rings (SSSR count). The first-order valence-electron chi connectivity index (χ1n) is 12.0. The zero-order valence-corrected chi connectivity index (χ0v) is 21.3. The maximum absolute atomic E-state index is 13.6. The Bertz CT molecular complexity index is 1340. The Morgan fingerprint density at radius 1 is 1.30 bits per heavy atom. The van der Waals surface area contributed by atoms with Gasteiger partial charge in [-0.1, -0.05) is 17.7 Å². The van der Waals surface area contributed by atoms with Crippen LogP contribution in [0.2, 0.25) is 5.02 Å². The van der Waals surface area contributed by atoms with Gasteiger partial charge in [0, 0.05) is 55.4 Å². The summed E-state index contributed by atoms with van der Waals surface area (Å²) >= 11 is 5.91. The zero-order valence-electron chi connectivity index (χ0n) is 20.6. The Balaban J connectivity index is 1.29. The van der Waals surface area contributed by atoms with E-state index in [9.17, 15) is 9.18 Å². The summed E-state index contributed by atoms with van der Waals surface area (Å²) in [5.41, 5.74) is 1.65. The lowest BCUT2D eigenvalue weighted by molar-refractivity contribution is -0.111. The summed E-state index contributed by atoms with van der Waals surface area (Å²) in [6.45, 7) is 4.14. The molecule has 3 aromatic rings. The van der Waals surface area contributed by atoms with Gasteiger partial charge in [0.1, 0.15) is 23.7 Å². The van der Waals surface area contributed by atoms with Gasteiger partial charge in [-0.15, -0.1) is 0 Å². The van der Waals surface area contributed by atoms with Gasteiger partial charge in [-0.2, -0.15) is 0 Å². The summed E-state index contributed by atoms with van der Waals surface area (Å²) in [6.07, 6.45) is 5.01. The fourth-order valence-corrected chi connectivity index (χ4v) is 4.91. The number of ether oxygens (including phenoxy) is 2. The average molecular weight is 527 g/mol. The molecule has 2 aliphatic heterocycles. The number of benzene rings is 2. The molecule has 37 heavy (non-hydrogen) atoms. The molecule has 2 aromatic carbocycles. The first-order chi connectivity index (χ1) is 17.9. The van der Waals surface area contributed by atoms with Crippen LogP contribution in [0.4, 0.5) is 21.6 Å². The number of carbonyl (C=O) groups excluding carboxylic acids is 1. The first kappa shape index (κ1) is 25.3. The number of morpholine rings is 1. The quantitative estimate of drug-likeness (QED) is 0.450. The van der Waals surface area contributed by atoms with E-state index in [1.54, 1.807) is 18.2 Å². The van der Waals surface area contributed by atoms with Gasteiger partial charge in [0.15, 0.2) is 0 Å². The summed E-state index contributed by atoms with van der Waals surface area (Å²) in [5, 5.41) is 6.66. The summed E-state index contributed by atoms with van der Waals surface area (Å²) in [7, 11) is 3.66. The molecule has 1 aromatic heterocycles. The van der Waals surface area contributed by atoms with Crippen LogP contribution >= 0.6 is 11.6 Å². The molecular formula is C26H28ClFN6O3. The Labute approximate surface area is 219 Å². The highest BCUT2D eigenvalue weighted by atomic mass is 35.5. The van der Waals surface area contributed by atoms with Crippen LogP contribution in [-0.2, 0) is 9.53 Å². The van der Waals surface area contributed by atoms with Crippen LogP contribution in [0.3, 0.4) is 0 Å². The van der Waals surface area contributed by atoms with Crippen molar-refractivity contribution in [2.75, 3.05) is 57.6 Å². The normalized spacial score (nSPS) is 20.3. The zero-order chi connectivity index (χ0) is 25.9. The van der Waals surface area contributed by atoms with Crippen molar-refractivity contribution in [3.63, 3.8) is 0 Å². The largest absolute Gasteiger partial charge is 0.494 e. The van der Waals surface area contributed by atoms with Gasteiger partial charge < -0.3 is 20.1 Å². The van der Waals surface area contributed by atoms with Crippen LogP contribution < -0.4 is 15.4 Å². The van der Waals surface area contributed by atoms with E-state index in [2.05, 4.69) is 37.4 Å². The second kappa shape index (κ2) is 11.0. The molecule has 2 fully saturated rings. The van der Waals surface area contributed by atoms with E-state index in [4.69, 9.17) is 21.1 Å². The summed E-state index contributed by atoms with van der Waals surface area (Å²) in [5.74, 6) is 0.155. The Hall–Kier alpha value is -3.31. The van der Waals surface area contributed by atoms with Crippen molar-refractivity contribution < 1.29 is 18.7 Å². The Morgan fingerprint density at radius 2 is 2.16 bits per heavy atom. The molecule has 0 spiro atoms. The van der Waals surface area contributed by atoms with Crippen molar-refractivity contribution in [2.24, 2.45) is 0 Å². The molecule has 0 bridgehead atoms. The van der Waals surface area contributed by atoms with Crippen LogP contribution in [0.25, 0.3) is 10.9 Å². The number of anilines is 3. The predicted octanol–water partition coefficient (Wildman–Crippen LogP) is 3.68. The third-order valence-electron chi connectivity index (χ3n) is 6.68. The number of likely N-dealkylation sites (tertiary alicyclic amines) is 1. The highest BCUT2D eigenvalue weighted by Gasteiger charge is 2.37. The molecule has 1 amide bonds. The van der Waals surface area contributed by atoms with E-state index < -0.39 is 5.82 Å². The number of rotatable bonds is 7. The average Bonchev–Trinajstić information content (AvgIpc) is 3.30. The number of amides is 1. The standard InChI is InChI=1S/C26H28ClFN6O3/c1-33-8-9-37-24-14-34(13-22(24)33)7-3-4-25(35)32-21-11-17-20(12-23(21)36-2)29-15-30-26(17)31-16-5-6-19(28)18(27)10-16/h3-6,10-12,15,22,24H,7-9,13-14H2,1-2H3,(H,32,35)(H,29,30,31)/b4-3+. The number of nitrogens with zero attached hydrogens (tertiary/aromatic N) is 4. The molecule has 0 aliphatic carbocycles. The maximum Gasteiger partial charge on any atom is 0.248 e. The van der Waals surface area contributed by atoms with Crippen molar-refractivity contribution in [3.05, 3.63) is 59.7 Å². The summed E-state index contributed by atoms with van der Waals surface area (Å²) in [6, 6.07) is 8.17. The summed E-state index contributed by atoms with van der Waals surface area (Å²) in [4.78, 5) is 26.0. The molecule has 0 radical (unpaired) electrons. The van der Waals surface area contributed by atoms with Crippen molar-refractivity contribution in [2.45, 2.75) is 12.1 Å². The lowest BCUT2D eigenvalue weighted by Gasteiger charge is -2.33. The minimum Gasteiger partial charge on any atom is -0.494 e. The molecule has 194 valence electrons. The van der Waals surface area contributed by atoms with Gasteiger partial charge in [0.05, 0.1) is 36.0 Å². The van der Waals surface area contributed by atoms with Crippen LogP contribution in [0.15, 0.2) is 48.8 Å². The minimum atomic E-state index is -0.508. The van der Waals surface area contributed by atoms with Crippen LogP contribution in [-0.4, -0.2) is 84.8 Å². The molecule has 3 heterocycles. The Kier molecular flexibility index (Phi) is 7.52. The van der Waals surface area contributed by atoms with Gasteiger partial charge in [0.25, 0.3) is 0 Å². The van der Waals surface area contributed by atoms with Crippen molar-refractivity contribution in [1.29, 1.82) is 0 Å². The van der Waals surface area contributed by atoms with E-state index in [1.165, 1.54) is 31.6 Å². The van der Waals surface area contributed by atoms with Gasteiger partial charge >= 0.3 is 0 Å². The molecule has 2 N–H and O–H groups in total. The fraction of sp³-hybridized carbons (Fsp3) is 0.346. The third-order valence-corrected chi connectivity index (χ3v) is 6.97. The number of methoxy groups -OCH3 is 1. The van der Waals surface area contributed by atoms with E-state index in [-0.39, 0.29) is 17.0 Å². The second-order valence-electron chi connectivity index (χ2n) is 9.11. The van der Waals surface area contributed by atoms with Crippen molar-refractivity contribution >= 4 is 45.6 Å². The number of hydrogen-bond donors (Lipinski definition) is 2. The molecule has 2 saturated heterocycles. The van der Waals surface area contributed by atoms with Gasteiger partial charge in [-0.3, -0.25) is 14.6 Å². The number of likely N-dealkylation sites (N-methyl/N-ethyl adjacent to an activating group) is 1. The van der Waals surface area contributed by atoms with E-state index in [0.717, 1.165) is 26.2 Å². The van der Waals surface area contributed by atoms with Gasteiger partial charge in [-0.25, -0.2) is 14.4 Å². The van der Waals surface area contributed by atoms with Crippen LogP contribution in [0.1, 0.15) is 0 Å². The van der Waals surface area contributed by atoms with Crippen molar-refractivity contribution in [1.82, 2.24) is 19.8 Å². The van der Waals surface area contributed by atoms with Crippen LogP contribution in [0.5, 0.6) is 5.75 Å². The molecule has 11 heteroatoms. The SMILES string of the molecule is COc1cc2ncnc(Nc3ccc(F)c(Cl)c3)c2cc1NC(=O)/C=C/CN1CC2OCCN(C)C2C1. The van der Waals surface area contributed by atoms with E-state index >= 15 is 0 Å². The van der Waals surface area contributed by atoms with Crippen LogP contribution in [0, 0.1) is 5.82 Å². The predicted molar refractivity (Wildman–Crippen MR) is 141 cm³/mol. The highest BCUT2D eigenvalue weighted by Crippen LogP contribution is 2.33. The molecule has 2 aliphatic rings. The molecular weight excluding hydrogens is 499 g/mol. The fourth-order valence-electron chi connectivity index (χ4n) is 4.73. The summed E-state index contributed by atoms with van der Waals surface area (Å²) < 4.78 is 24.9. The lowest BCUT2D eigenvalue weighted by Crippen LogP contribution is -2.48. The minimum absolute atomic E-state index is 0.00277. The molecule has 2 atom stereocenters. The molecule has 0 saturated carbocycles. The number of nitrogens with one attached hydrogen (secondary N) is 2. The number of hydrogen-bond acceptors (Lipinski definition) is 8. The monoisotopic (exact) mass is 526 g/mol. The van der Waals surface area contributed by atoms with Crippen molar-refractivity contribution in [3.8, 4) is 5.75 Å². The smallest absolute Gasteiger partial charge is 0.248 e. The van der Waals surface area contributed by atoms with Gasteiger partial charge in [0.2, 0.25) is 5.91 Å². The lowest BCUT2D eigenvalue weighted by atomic mass is 10.1. The number of carbonyl (C=O) groups is 1. The first-order valence-corrected chi connectivity index (χ1v) is 12.4. The molecule has 9 nitrogen and oxygen atoms in total. The maximum atomic E-state index is 13.6. The van der Waals surface area contributed by atoms with E-state index in [0.29, 0.717) is 46.4 Å². The topological polar surface area (TPSA) is 91.9 Å². The third kappa shape index (κ3) is 5.67.